The smallest absolute Gasteiger partial charge is 0.257 e. The van der Waals surface area contributed by atoms with Crippen molar-refractivity contribution in [2.75, 3.05) is 20.2 Å². The van der Waals surface area contributed by atoms with E-state index in [2.05, 4.69) is 23.1 Å². The summed E-state index contributed by atoms with van der Waals surface area (Å²) in [5.41, 5.74) is 2.02. The summed E-state index contributed by atoms with van der Waals surface area (Å²) in [6.07, 6.45) is 4.42. The number of rotatable bonds is 6. The lowest BCUT2D eigenvalue weighted by atomic mass is 10.0. The van der Waals surface area contributed by atoms with Gasteiger partial charge in [0.2, 0.25) is 0 Å². The number of ether oxygens (including phenoxy) is 1. The summed E-state index contributed by atoms with van der Waals surface area (Å²) in [6.45, 7) is 1.25. The standard InChI is InChI=1S/C24H25N3O3S/c1-29-18-7-2-6-17(14-18)20-8-3-11-26(20)16-24(28)27-21(23-10-5-13-31-23)15-19(25-27)22-9-4-12-30-22/h2,4-7,9-10,12-14,20-21H,3,8,11,15-16H2,1H3. The second-order valence-electron chi connectivity index (χ2n) is 7.90. The van der Waals surface area contributed by atoms with E-state index in [-0.39, 0.29) is 18.0 Å². The Morgan fingerprint density at radius 1 is 1.23 bits per heavy atom. The number of thiophene rings is 1. The number of hydrazone groups is 1. The molecular weight excluding hydrogens is 410 g/mol. The first-order chi connectivity index (χ1) is 15.2. The summed E-state index contributed by atoms with van der Waals surface area (Å²) in [7, 11) is 1.68. The fraction of sp³-hybridized carbons (Fsp3) is 0.333. The van der Waals surface area contributed by atoms with Crippen LogP contribution in [0.25, 0.3) is 0 Å². The predicted molar refractivity (Wildman–Crippen MR) is 120 cm³/mol. The van der Waals surface area contributed by atoms with Crippen molar-refractivity contribution in [3.8, 4) is 5.75 Å². The number of carbonyl (C=O) groups is 1. The molecular formula is C24H25N3O3S. The Kier molecular flexibility index (Phi) is 5.61. The van der Waals surface area contributed by atoms with E-state index in [9.17, 15) is 4.79 Å². The van der Waals surface area contributed by atoms with Gasteiger partial charge in [0.1, 0.15) is 17.2 Å². The minimum atomic E-state index is -0.0783. The number of methoxy groups -OCH3 is 1. The van der Waals surface area contributed by atoms with Gasteiger partial charge in [-0.2, -0.15) is 5.10 Å². The first-order valence-electron chi connectivity index (χ1n) is 10.6. The molecule has 2 aliphatic rings. The van der Waals surface area contributed by atoms with E-state index >= 15 is 0 Å². The Morgan fingerprint density at radius 3 is 2.94 bits per heavy atom. The Hall–Kier alpha value is -2.90. The zero-order valence-corrected chi connectivity index (χ0v) is 18.3. The van der Waals surface area contributed by atoms with Gasteiger partial charge in [0, 0.05) is 17.3 Å². The van der Waals surface area contributed by atoms with Crippen LogP contribution in [0.1, 0.15) is 47.5 Å². The molecule has 0 radical (unpaired) electrons. The van der Waals surface area contributed by atoms with Crippen molar-refractivity contribution in [1.82, 2.24) is 9.91 Å². The average molecular weight is 436 g/mol. The number of hydrogen-bond acceptors (Lipinski definition) is 6. The van der Waals surface area contributed by atoms with Crippen LogP contribution in [0, 0.1) is 0 Å². The molecule has 0 N–H and O–H groups in total. The average Bonchev–Trinajstić information content (AvgIpc) is 3.59. The van der Waals surface area contributed by atoms with Crippen LogP contribution in [0.3, 0.4) is 0 Å². The molecule has 2 aromatic heterocycles. The Labute approximate surface area is 185 Å². The maximum Gasteiger partial charge on any atom is 0.257 e. The number of furan rings is 1. The molecule has 6 nitrogen and oxygen atoms in total. The lowest BCUT2D eigenvalue weighted by Gasteiger charge is -2.27. The maximum absolute atomic E-state index is 13.4. The van der Waals surface area contributed by atoms with Gasteiger partial charge in [0.05, 0.1) is 26.0 Å². The molecule has 5 rings (SSSR count). The van der Waals surface area contributed by atoms with Crippen LogP contribution >= 0.6 is 11.3 Å². The Balaban J connectivity index is 1.37. The van der Waals surface area contributed by atoms with Gasteiger partial charge in [0.25, 0.3) is 5.91 Å². The predicted octanol–water partition coefficient (Wildman–Crippen LogP) is 4.86. The van der Waals surface area contributed by atoms with Crippen molar-refractivity contribution in [3.63, 3.8) is 0 Å². The monoisotopic (exact) mass is 435 g/mol. The second-order valence-corrected chi connectivity index (χ2v) is 8.88. The van der Waals surface area contributed by atoms with Crippen molar-refractivity contribution in [3.05, 3.63) is 76.4 Å². The molecule has 0 spiro atoms. The van der Waals surface area contributed by atoms with E-state index in [1.54, 1.807) is 29.7 Å². The largest absolute Gasteiger partial charge is 0.497 e. The molecule has 1 fully saturated rings. The number of carbonyl (C=O) groups excluding carboxylic acids is 1. The molecule has 1 amide bonds. The second kappa shape index (κ2) is 8.69. The highest BCUT2D eigenvalue weighted by Crippen LogP contribution is 2.37. The molecule has 1 aromatic carbocycles. The molecule has 0 bridgehead atoms. The minimum absolute atomic E-state index is 0.0229. The van der Waals surface area contributed by atoms with Crippen molar-refractivity contribution >= 4 is 23.0 Å². The molecule has 2 aliphatic heterocycles. The van der Waals surface area contributed by atoms with Gasteiger partial charge in [-0.15, -0.1) is 11.3 Å². The van der Waals surface area contributed by atoms with Crippen LogP contribution in [-0.2, 0) is 4.79 Å². The van der Waals surface area contributed by atoms with Gasteiger partial charge >= 0.3 is 0 Å². The molecule has 0 aliphatic carbocycles. The number of benzene rings is 1. The number of amides is 1. The summed E-state index contributed by atoms with van der Waals surface area (Å²) in [5, 5.41) is 8.42. The third-order valence-electron chi connectivity index (χ3n) is 6.02. The molecule has 2 unspecified atom stereocenters. The Bertz CT molecular complexity index is 1060. The Morgan fingerprint density at radius 2 is 2.16 bits per heavy atom. The number of nitrogens with zero attached hydrogens (tertiary/aromatic N) is 3. The molecule has 7 heteroatoms. The fourth-order valence-electron chi connectivity index (χ4n) is 4.52. The summed E-state index contributed by atoms with van der Waals surface area (Å²) in [6, 6.07) is 16.1. The normalized spacial score (nSPS) is 21.5. The fourth-order valence-corrected chi connectivity index (χ4v) is 5.33. The van der Waals surface area contributed by atoms with Crippen LogP contribution in [0.5, 0.6) is 5.75 Å². The maximum atomic E-state index is 13.4. The van der Waals surface area contributed by atoms with Crippen molar-refractivity contribution in [2.24, 2.45) is 5.10 Å². The van der Waals surface area contributed by atoms with Gasteiger partial charge < -0.3 is 9.15 Å². The molecule has 3 aromatic rings. The summed E-state index contributed by atoms with van der Waals surface area (Å²) >= 11 is 1.66. The zero-order valence-electron chi connectivity index (χ0n) is 17.4. The lowest BCUT2D eigenvalue weighted by Crippen LogP contribution is -2.37. The SMILES string of the molecule is COc1cccc(C2CCCN2CC(=O)N2N=C(c3ccco3)CC2c2cccs2)c1. The topological polar surface area (TPSA) is 58.3 Å². The first-order valence-corrected chi connectivity index (χ1v) is 11.5. The quantitative estimate of drug-likeness (QED) is 0.555. The van der Waals surface area contributed by atoms with E-state index in [1.807, 2.05) is 35.7 Å². The van der Waals surface area contributed by atoms with Gasteiger partial charge in [0.15, 0.2) is 0 Å². The third-order valence-corrected chi connectivity index (χ3v) is 7.00. The zero-order chi connectivity index (χ0) is 21.2. The number of hydrogen-bond donors (Lipinski definition) is 0. The lowest BCUT2D eigenvalue weighted by molar-refractivity contribution is -0.134. The minimum Gasteiger partial charge on any atom is -0.497 e. The van der Waals surface area contributed by atoms with Crippen LogP contribution in [0.2, 0.25) is 0 Å². The van der Waals surface area contributed by atoms with Crippen LogP contribution in [0.4, 0.5) is 0 Å². The summed E-state index contributed by atoms with van der Waals surface area (Å²) < 4.78 is 10.9. The van der Waals surface area contributed by atoms with Gasteiger partial charge in [-0.3, -0.25) is 9.69 Å². The molecule has 0 saturated carbocycles. The first kappa shape index (κ1) is 20.0. The molecule has 4 heterocycles. The van der Waals surface area contributed by atoms with E-state index < -0.39 is 0 Å². The van der Waals surface area contributed by atoms with Crippen molar-refractivity contribution in [2.45, 2.75) is 31.3 Å². The summed E-state index contributed by atoms with van der Waals surface area (Å²) in [4.78, 5) is 16.9. The van der Waals surface area contributed by atoms with E-state index in [0.717, 1.165) is 41.5 Å². The van der Waals surface area contributed by atoms with Crippen LogP contribution < -0.4 is 4.74 Å². The van der Waals surface area contributed by atoms with Gasteiger partial charge in [-0.25, -0.2) is 5.01 Å². The number of likely N-dealkylation sites (tertiary alicyclic amines) is 1. The summed E-state index contributed by atoms with van der Waals surface area (Å²) in [5.74, 6) is 1.60. The highest BCUT2D eigenvalue weighted by atomic mass is 32.1. The van der Waals surface area contributed by atoms with Gasteiger partial charge in [-0.1, -0.05) is 18.2 Å². The van der Waals surface area contributed by atoms with E-state index in [1.165, 1.54) is 5.56 Å². The van der Waals surface area contributed by atoms with Crippen molar-refractivity contribution < 1.29 is 13.9 Å². The van der Waals surface area contributed by atoms with E-state index in [0.29, 0.717) is 13.0 Å². The van der Waals surface area contributed by atoms with Crippen molar-refractivity contribution in [1.29, 1.82) is 0 Å². The highest BCUT2D eigenvalue weighted by molar-refractivity contribution is 7.10. The highest BCUT2D eigenvalue weighted by Gasteiger charge is 2.37. The van der Waals surface area contributed by atoms with Crippen LogP contribution in [-0.4, -0.2) is 41.7 Å². The molecule has 160 valence electrons. The van der Waals surface area contributed by atoms with Crippen LogP contribution in [0.15, 0.2) is 69.7 Å². The molecule has 31 heavy (non-hydrogen) atoms. The third kappa shape index (κ3) is 4.03. The molecule has 1 saturated heterocycles. The molecule has 2 atom stereocenters. The van der Waals surface area contributed by atoms with E-state index in [4.69, 9.17) is 14.3 Å². The van der Waals surface area contributed by atoms with Gasteiger partial charge in [-0.05, 0) is 60.7 Å².